The smallest absolute Gasteiger partial charge is 0.157 e. The molecule has 0 radical (unpaired) electrons. The fourth-order valence-electron chi connectivity index (χ4n) is 3.88. The molecule has 2 aromatic carbocycles. The van der Waals surface area contributed by atoms with Gasteiger partial charge in [-0.2, -0.15) is 0 Å². The molecule has 0 amide bonds. The predicted molar refractivity (Wildman–Crippen MR) is 116 cm³/mol. The highest BCUT2D eigenvalue weighted by Gasteiger charge is 2.46. The summed E-state index contributed by atoms with van der Waals surface area (Å²) in [4.78, 5) is 0. The Kier molecular flexibility index (Phi) is 8.31. The van der Waals surface area contributed by atoms with Crippen LogP contribution in [0.3, 0.4) is 0 Å². The normalized spacial score (nSPS) is 25.4. The predicted octanol–water partition coefficient (Wildman–Crippen LogP) is 2.58. The highest BCUT2D eigenvalue weighted by molar-refractivity contribution is 5.50. The number of ether oxygens (including phenoxy) is 4. The van der Waals surface area contributed by atoms with Crippen molar-refractivity contribution in [2.24, 2.45) is 0 Å². The highest BCUT2D eigenvalue weighted by Crippen LogP contribution is 2.41. The Hall–Kier alpha value is -2.39. The van der Waals surface area contributed by atoms with Gasteiger partial charge in [-0.15, -0.1) is 0 Å². The summed E-state index contributed by atoms with van der Waals surface area (Å²) in [5, 5.41) is 30.0. The van der Waals surface area contributed by atoms with Crippen molar-refractivity contribution < 1.29 is 38.7 Å². The lowest BCUT2D eigenvalue weighted by molar-refractivity contribution is -0.215. The van der Waals surface area contributed by atoms with Crippen molar-refractivity contribution in [2.45, 2.75) is 50.9 Å². The van der Waals surface area contributed by atoms with E-state index >= 15 is 0 Å². The summed E-state index contributed by atoms with van der Waals surface area (Å²) in [5.74, 6) is 1.73. The van der Waals surface area contributed by atoms with E-state index in [0.717, 1.165) is 16.9 Å². The molecule has 0 saturated carbocycles. The molecule has 1 aliphatic rings. The molecule has 2 aromatic rings. The van der Waals surface area contributed by atoms with Gasteiger partial charge in [-0.25, -0.2) is 4.39 Å². The van der Waals surface area contributed by atoms with Crippen LogP contribution in [0.1, 0.15) is 36.6 Å². The molecule has 7 nitrogen and oxygen atoms in total. The molecular formula is C24H31FO7. The maximum atomic E-state index is 14.6. The molecule has 1 fully saturated rings. The summed E-state index contributed by atoms with van der Waals surface area (Å²) in [5.41, 5.74) is 2.21. The number of aliphatic hydroxyl groups is 3. The van der Waals surface area contributed by atoms with E-state index in [0.29, 0.717) is 36.7 Å². The van der Waals surface area contributed by atoms with Crippen molar-refractivity contribution in [3.8, 4) is 17.2 Å². The van der Waals surface area contributed by atoms with Crippen LogP contribution < -0.4 is 14.2 Å². The van der Waals surface area contributed by atoms with E-state index in [9.17, 15) is 19.7 Å². The van der Waals surface area contributed by atoms with Crippen LogP contribution in [0.15, 0.2) is 36.4 Å². The van der Waals surface area contributed by atoms with E-state index in [1.54, 1.807) is 26.2 Å². The first-order valence-corrected chi connectivity index (χ1v) is 10.7. The molecule has 3 rings (SSSR count). The molecule has 5 atom stereocenters. The maximum absolute atomic E-state index is 14.6. The largest absolute Gasteiger partial charge is 0.496 e. The van der Waals surface area contributed by atoms with Gasteiger partial charge in [0.1, 0.15) is 41.7 Å². The lowest BCUT2D eigenvalue weighted by Gasteiger charge is -2.39. The molecule has 1 heterocycles. The molecule has 0 aliphatic carbocycles. The van der Waals surface area contributed by atoms with Gasteiger partial charge in [-0.3, -0.25) is 0 Å². The number of halogens is 1. The zero-order chi connectivity index (χ0) is 23.3. The Morgan fingerprint density at radius 1 is 0.969 bits per heavy atom. The average molecular weight is 451 g/mol. The molecular weight excluding hydrogens is 419 g/mol. The first-order chi connectivity index (χ1) is 15.4. The Morgan fingerprint density at radius 3 is 2.25 bits per heavy atom. The van der Waals surface area contributed by atoms with Crippen LogP contribution in [0.2, 0.25) is 0 Å². The molecule has 1 unspecified atom stereocenters. The minimum absolute atomic E-state index is 0.336. The van der Waals surface area contributed by atoms with E-state index in [1.807, 2.05) is 31.2 Å². The van der Waals surface area contributed by atoms with Gasteiger partial charge in [0.05, 0.1) is 26.9 Å². The third-order valence-corrected chi connectivity index (χ3v) is 5.49. The lowest BCUT2D eigenvalue weighted by atomic mass is 9.90. The molecule has 0 spiro atoms. The second-order valence-electron chi connectivity index (χ2n) is 7.59. The third-order valence-electron chi connectivity index (χ3n) is 5.49. The Labute approximate surface area is 187 Å². The van der Waals surface area contributed by atoms with Gasteiger partial charge in [0.2, 0.25) is 0 Å². The van der Waals surface area contributed by atoms with Gasteiger partial charge in [-0.1, -0.05) is 12.1 Å². The van der Waals surface area contributed by atoms with Crippen molar-refractivity contribution in [1.82, 2.24) is 0 Å². The number of methoxy groups -OCH3 is 1. The van der Waals surface area contributed by atoms with Crippen LogP contribution in [0.25, 0.3) is 0 Å². The summed E-state index contributed by atoms with van der Waals surface area (Å²) in [6.07, 6.45) is -7.01. The number of benzene rings is 2. The molecule has 8 heteroatoms. The van der Waals surface area contributed by atoms with Crippen molar-refractivity contribution >= 4 is 0 Å². The molecule has 3 N–H and O–H groups in total. The molecule has 32 heavy (non-hydrogen) atoms. The van der Waals surface area contributed by atoms with E-state index in [4.69, 9.17) is 18.9 Å². The maximum Gasteiger partial charge on any atom is 0.157 e. The van der Waals surface area contributed by atoms with Crippen LogP contribution in [0.5, 0.6) is 17.2 Å². The van der Waals surface area contributed by atoms with Crippen molar-refractivity contribution in [3.63, 3.8) is 0 Å². The van der Waals surface area contributed by atoms with Gasteiger partial charge in [0.15, 0.2) is 6.17 Å². The monoisotopic (exact) mass is 450 g/mol. The van der Waals surface area contributed by atoms with Crippen molar-refractivity contribution in [2.75, 3.05) is 26.9 Å². The fourth-order valence-corrected chi connectivity index (χ4v) is 3.88. The summed E-state index contributed by atoms with van der Waals surface area (Å²) in [6, 6.07) is 11.1. The third kappa shape index (κ3) is 5.15. The topological polar surface area (TPSA) is 97.6 Å². The first-order valence-electron chi connectivity index (χ1n) is 10.7. The number of rotatable bonds is 9. The zero-order valence-electron chi connectivity index (χ0n) is 18.5. The van der Waals surface area contributed by atoms with Crippen molar-refractivity contribution in [3.05, 3.63) is 53.1 Å². The van der Waals surface area contributed by atoms with E-state index in [-0.39, 0.29) is 0 Å². The summed E-state index contributed by atoms with van der Waals surface area (Å²) in [7, 11) is 1.55. The highest BCUT2D eigenvalue weighted by atomic mass is 19.1. The van der Waals surface area contributed by atoms with Crippen LogP contribution >= 0.6 is 0 Å². The zero-order valence-corrected chi connectivity index (χ0v) is 18.5. The number of hydrogen-bond donors (Lipinski definition) is 3. The van der Waals surface area contributed by atoms with Gasteiger partial charge < -0.3 is 34.3 Å². The number of aliphatic hydroxyl groups excluding tert-OH is 3. The second kappa shape index (κ2) is 11.0. The molecule has 176 valence electrons. The van der Waals surface area contributed by atoms with Gasteiger partial charge in [-0.05, 0) is 43.2 Å². The van der Waals surface area contributed by atoms with Crippen LogP contribution in [0, 0.1) is 0 Å². The summed E-state index contributed by atoms with van der Waals surface area (Å²) in [6.45, 7) is 4.06. The lowest BCUT2D eigenvalue weighted by Crippen LogP contribution is -2.53. The van der Waals surface area contributed by atoms with Crippen molar-refractivity contribution in [1.29, 1.82) is 0 Å². The number of hydrogen-bond acceptors (Lipinski definition) is 7. The first kappa shape index (κ1) is 24.3. The minimum atomic E-state index is -1.97. The number of alkyl halides is 1. The van der Waals surface area contributed by atoms with Gasteiger partial charge in [0.25, 0.3) is 0 Å². The minimum Gasteiger partial charge on any atom is -0.496 e. The van der Waals surface area contributed by atoms with Crippen LogP contribution in [-0.4, -0.2) is 66.7 Å². The SMILES string of the molecule is CCOc1ccc(Cc2cc([C@@H]3O[C@H](CO)[C@H](O)[C@H](F)C3O)c(OCC)cc2OC)cc1. The van der Waals surface area contributed by atoms with Gasteiger partial charge >= 0.3 is 0 Å². The summed E-state index contributed by atoms with van der Waals surface area (Å²) >= 11 is 0. The molecule has 0 aromatic heterocycles. The molecule has 0 bridgehead atoms. The molecule has 1 aliphatic heterocycles. The quantitative estimate of drug-likeness (QED) is 0.540. The molecule has 1 saturated heterocycles. The van der Waals surface area contributed by atoms with Crippen LogP contribution in [0.4, 0.5) is 4.39 Å². The van der Waals surface area contributed by atoms with E-state index in [1.165, 1.54) is 0 Å². The van der Waals surface area contributed by atoms with E-state index in [2.05, 4.69) is 0 Å². The Morgan fingerprint density at radius 2 is 1.66 bits per heavy atom. The standard InChI is InChI=1S/C24H31FO7/c1-4-30-16-8-6-14(7-9-16)10-15-11-17(19(31-5-2)12-18(15)29-3)24-23(28)21(25)22(27)20(13-26)32-24/h6-9,11-12,20-24,26-28H,4-5,10,13H2,1-3H3/t20-,21+,22+,23?,24+/m1/s1. The van der Waals surface area contributed by atoms with Gasteiger partial charge in [0, 0.05) is 18.1 Å². The summed E-state index contributed by atoms with van der Waals surface area (Å²) < 4.78 is 37.0. The van der Waals surface area contributed by atoms with E-state index < -0.39 is 37.2 Å². The Bertz CT molecular complexity index is 871. The second-order valence-corrected chi connectivity index (χ2v) is 7.59. The average Bonchev–Trinajstić information content (AvgIpc) is 2.80. The van der Waals surface area contributed by atoms with Crippen LogP contribution in [-0.2, 0) is 11.2 Å². The Balaban J connectivity index is 1.99. The fraction of sp³-hybridized carbons (Fsp3) is 0.500.